The first-order chi connectivity index (χ1) is 9.10. The van der Waals surface area contributed by atoms with Crippen LogP contribution in [0.25, 0.3) is 0 Å². The van der Waals surface area contributed by atoms with Crippen LogP contribution < -0.4 is 21.5 Å². The number of carbonyl (C=O) groups is 1. The van der Waals surface area contributed by atoms with Crippen molar-refractivity contribution in [2.45, 2.75) is 0 Å². The zero-order chi connectivity index (χ0) is 13.8. The Morgan fingerprint density at radius 3 is 2.37 bits per heavy atom. The van der Waals surface area contributed by atoms with E-state index in [0.717, 1.165) is 0 Å². The van der Waals surface area contributed by atoms with Gasteiger partial charge in [-0.05, 0) is 42.5 Å². The van der Waals surface area contributed by atoms with Crippen LogP contribution in [0.2, 0.25) is 0 Å². The highest BCUT2D eigenvalue weighted by Gasteiger charge is 2.08. The molecule has 5 nitrogen and oxygen atoms in total. The summed E-state index contributed by atoms with van der Waals surface area (Å²) in [5.41, 5.74) is 13.5. The Labute approximate surface area is 111 Å². The second-order valence-corrected chi connectivity index (χ2v) is 4.03. The van der Waals surface area contributed by atoms with Crippen molar-refractivity contribution in [1.82, 2.24) is 0 Å². The quantitative estimate of drug-likeness (QED) is 0.734. The third kappa shape index (κ3) is 2.95. The molecule has 1 amide bonds. The number of nitrogen functional groups attached to an aromatic ring is 2. The summed E-state index contributed by atoms with van der Waals surface area (Å²) in [6, 6.07) is 11.8. The molecular formula is C14H15N3O2. The molecule has 0 atom stereocenters. The average Bonchev–Trinajstić information content (AvgIpc) is 2.41. The van der Waals surface area contributed by atoms with Crippen molar-refractivity contribution < 1.29 is 9.53 Å². The Kier molecular flexibility index (Phi) is 3.56. The van der Waals surface area contributed by atoms with Crippen LogP contribution in [0.1, 0.15) is 10.4 Å². The van der Waals surface area contributed by atoms with Gasteiger partial charge in [-0.15, -0.1) is 0 Å². The van der Waals surface area contributed by atoms with E-state index in [1.54, 1.807) is 42.5 Å². The summed E-state index contributed by atoms with van der Waals surface area (Å²) < 4.78 is 5.04. The third-order valence-corrected chi connectivity index (χ3v) is 2.66. The van der Waals surface area contributed by atoms with Crippen LogP contribution in [0.15, 0.2) is 42.5 Å². The monoisotopic (exact) mass is 257 g/mol. The second-order valence-electron chi connectivity index (χ2n) is 4.03. The molecule has 2 aromatic rings. The molecule has 2 aromatic carbocycles. The molecule has 0 saturated carbocycles. The van der Waals surface area contributed by atoms with Gasteiger partial charge in [0, 0.05) is 16.9 Å². The molecule has 98 valence electrons. The van der Waals surface area contributed by atoms with Crippen LogP contribution in [0, 0.1) is 0 Å². The Balaban J connectivity index is 2.16. The standard InChI is InChI=1S/C14H15N3O2/c1-19-13-7-2-9(8-12(13)16)14(18)17-11-5-3-10(15)4-6-11/h2-8H,15-16H2,1H3,(H,17,18). The number of nitrogens with one attached hydrogen (secondary N) is 1. The minimum Gasteiger partial charge on any atom is -0.495 e. The van der Waals surface area contributed by atoms with E-state index < -0.39 is 0 Å². The third-order valence-electron chi connectivity index (χ3n) is 2.66. The summed E-state index contributed by atoms with van der Waals surface area (Å²) in [6.45, 7) is 0. The summed E-state index contributed by atoms with van der Waals surface area (Å²) in [5, 5.41) is 2.76. The lowest BCUT2D eigenvalue weighted by molar-refractivity contribution is 0.102. The van der Waals surface area contributed by atoms with Gasteiger partial charge < -0.3 is 21.5 Å². The molecule has 0 bridgehead atoms. The summed E-state index contributed by atoms with van der Waals surface area (Å²) in [7, 11) is 1.53. The van der Waals surface area contributed by atoms with Crippen molar-refractivity contribution in [3.05, 3.63) is 48.0 Å². The van der Waals surface area contributed by atoms with E-state index in [-0.39, 0.29) is 5.91 Å². The van der Waals surface area contributed by atoms with Gasteiger partial charge in [-0.1, -0.05) is 0 Å². The SMILES string of the molecule is COc1ccc(C(=O)Nc2ccc(N)cc2)cc1N. The number of carbonyl (C=O) groups excluding carboxylic acids is 1. The lowest BCUT2D eigenvalue weighted by Gasteiger charge is -2.08. The van der Waals surface area contributed by atoms with Gasteiger partial charge in [0.2, 0.25) is 0 Å². The van der Waals surface area contributed by atoms with Gasteiger partial charge in [0.1, 0.15) is 5.75 Å². The van der Waals surface area contributed by atoms with E-state index in [1.807, 2.05) is 0 Å². The first kappa shape index (κ1) is 12.8. The van der Waals surface area contributed by atoms with Gasteiger partial charge in [-0.2, -0.15) is 0 Å². The molecule has 0 radical (unpaired) electrons. The number of amides is 1. The Bertz CT molecular complexity index is 594. The Morgan fingerprint density at radius 2 is 1.79 bits per heavy atom. The van der Waals surface area contributed by atoms with Crippen molar-refractivity contribution in [3.8, 4) is 5.75 Å². The predicted molar refractivity (Wildman–Crippen MR) is 76.2 cm³/mol. The maximum absolute atomic E-state index is 12.0. The second kappa shape index (κ2) is 5.30. The molecule has 0 aliphatic heterocycles. The summed E-state index contributed by atoms with van der Waals surface area (Å²) in [5.74, 6) is 0.308. The molecule has 0 aliphatic carbocycles. The average molecular weight is 257 g/mol. The fourth-order valence-electron chi connectivity index (χ4n) is 1.65. The molecule has 0 heterocycles. The zero-order valence-electron chi connectivity index (χ0n) is 10.5. The highest BCUT2D eigenvalue weighted by molar-refractivity contribution is 6.05. The highest BCUT2D eigenvalue weighted by Crippen LogP contribution is 2.22. The van der Waals surface area contributed by atoms with Gasteiger partial charge in [0.05, 0.1) is 12.8 Å². The number of ether oxygens (including phenoxy) is 1. The first-order valence-corrected chi connectivity index (χ1v) is 5.70. The predicted octanol–water partition coefficient (Wildman–Crippen LogP) is 2.11. The molecule has 0 saturated heterocycles. The number of nitrogens with two attached hydrogens (primary N) is 2. The van der Waals surface area contributed by atoms with Crippen molar-refractivity contribution in [2.75, 3.05) is 23.9 Å². The topological polar surface area (TPSA) is 90.4 Å². The number of anilines is 3. The fourth-order valence-corrected chi connectivity index (χ4v) is 1.65. The molecule has 0 aliphatic rings. The van der Waals surface area contributed by atoms with Crippen LogP contribution in [-0.4, -0.2) is 13.0 Å². The number of rotatable bonds is 3. The molecule has 5 N–H and O–H groups in total. The van der Waals surface area contributed by atoms with Crippen LogP contribution in [0.4, 0.5) is 17.1 Å². The van der Waals surface area contributed by atoms with Crippen molar-refractivity contribution >= 4 is 23.0 Å². The van der Waals surface area contributed by atoms with E-state index >= 15 is 0 Å². The minimum atomic E-state index is -0.237. The Morgan fingerprint density at radius 1 is 1.11 bits per heavy atom. The van der Waals surface area contributed by atoms with Crippen molar-refractivity contribution in [3.63, 3.8) is 0 Å². The van der Waals surface area contributed by atoms with Gasteiger partial charge in [0.25, 0.3) is 5.91 Å². The fraction of sp³-hybridized carbons (Fsp3) is 0.0714. The van der Waals surface area contributed by atoms with E-state index in [4.69, 9.17) is 16.2 Å². The normalized spacial score (nSPS) is 9.95. The Hall–Kier alpha value is -2.69. The highest BCUT2D eigenvalue weighted by atomic mass is 16.5. The summed E-state index contributed by atoms with van der Waals surface area (Å²) >= 11 is 0. The van der Waals surface area contributed by atoms with Gasteiger partial charge >= 0.3 is 0 Å². The maximum Gasteiger partial charge on any atom is 0.255 e. The smallest absolute Gasteiger partial charge is 0.255 e. The van der Waals surface area contributed by atoms with E-state index in [1.165, 1.54) is 7.11 Å². The molecule has 2 rings (SSSR count). The van der Waals surface area contributed by atoms with Gasteiger partial charge in [-0.3, -0.25) is 4.79 Å². The van der Waals surface area contributed by atoms with E-state index in [2.05, 4.69) is 5.32 Å². The number of hydrogen-bond acceptors (Lipinski definition) is 4. The molecule has 0 fully saturated rings. The largest absolute Gasteiger partial charge is 0.495 e. The summed E-state index contributed by atoms with van der Waals surface area (Å²) in [6.07, 6.45) is 0. The van der Waals surface area contributed by atoms with Crippen molar-refractivity contribution in [1.29, 1.82) is 0 Å². The first-order valence-electron chi connectivity index (χ1n) is 5.70. The number of benzene rings is 2. The van der Waals surface area contributed by atoms with Crippen molar-refractivity contribution in [2.24, 2.45) is 0 Å². The molecule has 5 heteroatoms. The van der Waals surface area contributed by atoms with Gasteiger partial charge in [-0.25, -0.2) is 0 Å². The summed E-state index contributed by atoms with van der Waals surface area (Å²) in [4.78, 5) is 12.0. The van der Waals surface area contributed by atoms with E-state index in [0.29, 0.717) is 28.4 Å². The zero-order valence-corrected chi connectivity index (χ0v) is 10.5. The number of hydrogen-bond donors (Lipinski definition) is 3. The van der Waals surface area contributed by atoms with Crippen LogP contribution in [0.5, 0.6) is 5.75 Å². The molecule has 0 unspecified atom stereocenters. The van der Waals surface area contributed by atoms with Crippen LogP contribution in [0.3, 0.4) is 0 Å². The maximum atomic E-state index is 12.0. The van der Waals surface area contributed by atoms with Gasteiger partial charge in [0.15, 0.2) is 0 Å². The van der Waals surface area contributed by atoms with E-state index in [9.17, 15) is 4.79 Å². The molecular weight excluding hydrogens is 242 g/mol. The molecule has 19 heavy (non-hydrogen) atoms. The lowest BCUT2D eigenvalue weighted by atomic mass is 10.1. The number of methoxy groups -OCH3 is 1. The molecule has 0 spiro atoms. The van der Waals surface area contributed by atoms with Crippen LogP contribution in [-0.2, 0) is 0 Å². The minimum absolute atomic E-state index is 0.237. The van der Waals surface area contributed by atoms with Crippen LogP contribution >= 0.6 is 0 Å². The molecule has 0 aromatic heterocycles. The lowest BCUT2D eigenvalue weighted by Crippen LogP contribution is -2.12.